The summed E-state index contributed by atoms with van der Waals surface area (Å²) in [6.45, 7) is 8.98. The van der Waals surface area contributed by atoms with E-state index in [-0.39, 0.29) is 17.7 Å². The standard InChI is InChI=1S/C20H31N5O4S2/c1-13(2)17-18-15(25(20(17)27)31(4,28)29)5-6-24(18)19(26)14-12-30-16(21-14)11-23-9-7-22(3)8-10-23/h12-13,15,17-18H,5-11H2,1-4H3/t15-,17+,18-/m0/s1. The summed E-state index contributed by atoms with van der Waals surface area (Å²) in [5.41, 5.74) is 0.391. The third-order valence-electron chi connectivity index (χ3n) is 6.65. The number of carbonyl (C=O) groups excluding carboxylic acids is 2. The van der Waals surface area contributed by atoms with Crippen LogP contribution in [-0.4, -0.2) is 102 Å². The average Bonchev–Trinajstić information content (AvgIpc) is 3.36. The van der Waals surface area contributed by atoms with Gasteiger partial charge in [0.15, 0.2) is 0 Å². The predicted molar refractivity (Wildman–Crippen MR) is 118 cm³/mol. The van der Waals surface area contributed by atoms with Crippen molar-refractivity contribution < 1.29 is 18.0 Å². The lowest BCUT2D eigenvalue weighted by Gasteiger charge is -2.31. The minimum absolute atomic E-state index is 0.0663. The molecule has 31 heavy (non-hydrogen) atoms. The van der Waals surface area contributed by atoms with Crippen molar-refractivity contribution in [1.82, 2.24) is 24.0 Å². The summed E-state index contributed by atoms with van der Waals surface area (Å²) < 4.78 is 25.6. The summed E-state index contributed by atoms with van der Waals surface area (Å²) in [5, 5.41) is 2.70. The van der Waals surface area contributed by atoms with Crippen LogP contribution in [0.25, 0.3) is 0 Å². The topological polar surface area (TPSA) is 94.1 Å². The molecule has 9 nitrogen and oxygen atoms in total. The maximum Gasteiger partial charge on any atom is 0.273 e. The van der Waals surface area contributed by atoms with Crippen LogP contribution >= 0.6 is 11.3 Å². The molecule has 4 rings (SSSR count). The molecular formula is C20H31N5O4S2. The molecule has 0 N–H and O–H groups in total. The number of likely N-dealkylation sites (tertiary alicyclic amines) is 1. The third-order valence-corrected chi connectivity index (χ3v) is 8.65. The van der Waals surface area contributed by atoms with Gasteiger partial charge in [0.1, 0.15) is 10.7 Å². The van der Waals surface area contributed by atoms with Crippen LogP contribution in [0.5, 0.6) is 0 Å². The van der Waals surface area contributed by atoms with Crippen molar-refractivity contribution in [2.24, 2.45) is 11.8 Å². The van der Waals surface area contributed by atoms with Gasteiger partial charge in [-0.3, -0.25) is 14.5 Å². The highest BCUT2D eigenvalue weighted by molar-refractivity contribution is 7.88. The number of hydrogen-bond donors (Lipinski definition) is 0. The van der Waals surface area contributed by atoms with Crippen LogP contribution in [0, 0.1) is 11.8 Å². The molecule has 0 spiro atoms. The number of nitrogens with zero attached hydrogens (tertiary/aromatic N) is 5. The van der Waals surface area contributed by atoms with Crippen LogP contribution in [0.4, 0.5) is 0 Å². The Morgan fingerprint density at radius 2 is 1.90 bits per heavy atom. The van der Waals surface area contributed by atoms with Gasteiger partial charge in [-0.15, -0.1) is 11.3 Å². The zero-order chi connectivity index (χ0) is 22.5. The van der Waals surface area contributed by atoms with Crippen molar-refractivity contribution in [1.29, 1.82) is 0 Å². The normalized spacial score (nSPS) is 28.0. The summed E-state index contributed by atoms with van der Waals surface area (Å²) in [7, 11) is -1.56. The monoisotopic (exact) mass is 469 g/mol. The fourth-order valence-electron chi connectivity index (χ4n) is 5.10. The highest BCUT2D eigenvalue weighted by atomic mass is 32.2. The molecule has 3 saturated heterocycles. The average molecular weight is 470 g/mol. The Hall–Kier alpha value is -1.56. The summed E-state index contributed by atoms with van der Waals surface area (Å²) in [4.78, 5) is 37.2. The van der Waals surface area contributed by atoms with Gasteiger partial charge in [0, 0.05) is 38.1 Å². The molecule has 0 saturated carbocycles. The number of sulfonamides is 1. The Morgan fingerprint density at radius 3 is 2.52 bits per heavy atom. The summed E-state index contributed by atoms with van der Waals surface area (Å²) in [6, 6.07) is -0.917. The van der Waals surface area contributed by atoms with E-state index in [0.717, 1.165) is 48.3 Å². The highest BCUT2D eigenvalue weighted by Gasteiger charge is 2.58. The molecule has 3 fully saturated rings. The van der Waals surface area contributed by atoms with Gasteiger partial charge in [-0.1, -0.05) is 13.8 Å². The number of rotatable bonds is 5. The minimum atomic E-state index is -3.68. The van der Waals surface area contributed by atoms with E-state index in [1.54, 1.807) is 10.3 Å². The molecule has 1 aromatic heterocycles. The minimum Gasteiger partial charge on any atom is -0.331 e. The number of piperazine rings is 1. The summed E-state index contributed by atoms with van der Waals surface area (Å²) in [6.07, 6.45) is 1.54. The maximum absolute atomic E-state index is 13.3. The molecule has 0 radical (unpaired) electrons. The van der Waals surface area contributed by atoms with Gasteiger partial charge in [-0.25, -0.2) is 17.7 Å². The SMILES string of the molecule is CC(C)[C@H]1C(=O)N(S(C)(=O)=O)[C@H]2CCN(C(=O)c3csc(CN4CCN(C)CC4)n3)[C@H]12. The van der Waals surface area contributed by atoms with Crippen LogP contribution in [-0.2, 0) is 21.4 Å². The molecule has 3 aliphatic heterocycles. The van der Waals surface area contributed by atoms with Crippen LogP contribution in [0.2, 0.25) is 0 Å². The van der Waals surface area contributed by atoms with Gasteiger partial charge in [0.05, 0.1) is 30.8 Å². The maximum atomic E-state index is 13.3. The quantitative estimate of drug-likeness (QED) is 0.622. The van der Waals surface area contributed by atoms with Crippen molar-refractivity contribution in [2.45, 2.75) is 38.9 Å². The fourth-order valence-corrected chi connectivity index (χ4v) is 7.08. The van der Waals surface area contributed by atoms with Gasteiger partial charge in [0.25, 0.3) is 5.91 Å². The van der Waals surface area contributed by atoms with Gasteiger partial charge in [0.2, 0.25) is 15.9 Å². The number of amides is 2. The Balaban J connectivity index is 1.52. The van der Waals surface area contributed by atoms with Crippen LogP contribution < -0.4 is 0 Å². The van der Waals surface area contributed by atoms with Gasteiger partial charge >= 0.3 is 0 Å². The number of aromatic nitrogens is 1. The fraction of sp³-hybridized carbons (Fsp3) is 0.750. The van der Waals surface area contributed by atoms with E-state index >= 15 is 0 Å². The molecule has 172 valence electrons. The van der Waals surface area contributed by atoms with E-state index in [4.69, 9.17) is 0 Å². The van der Waals surface area contributed by atoms with E-state index in [9.17, 15) is 18.0 Å². The van der Waals surface area contributed by atoms with E-state index in [2.05, 4.69) is 21.8 Å². The molecule has 0 aliphatic carbocycles. The van der Waals surface area contributed by atoms with E-state index in [0.29, 0.717) is 18.7 Å². The molecule has 3 aliphatic rings. The molecule has 0 bridgehead atoms. The largest absolute Gasteiger partial charge is 0.331 e. The summed E-state index contributed by atoms with van der Waals surface area (Å²) in [5.74, 6) is -1.18. The Labute approximate surface area is 188 Å². The molecule has 3 atom stereocenters. The summed E-state index contributed by atoms with van der Waals surface area (Å²) >= 11 is 1.48. The molecule has 11 heteroatoms. The second kappa shape index (κ2) is 8.42. The molecule has 4 heterocycles. The number of thiazole rings is 1. The van der Waals surface area contributed by atoms with E-state index < -0.39 is 28.0 Å². The van der Waals surface area contributed by atoms with Crippen molar-refractivity contribution in [3.05, 3.63) is 16.1 Å². The Morgan fingerprint density at radius 1 is 1.23 bits per heavy atom. The molecule has 0 aromatic carbocycles. The van der Waals surface area contributed by atoms with Gasteiger partial charge in [-0.05, 0) is 19.4 Å². The first kappa shape index (κ1) is 22.6. The lowest BCUT2D eigenvalue weighted by atomic mass is 9.88. The van der Waals surface area contributed by atoms with E-state index in [1.165, 1.54) is 11.3 Å². The highest BCUT2D eigenvalue weighted by Crippen LogP contribution is 2.41. The smallest absolute Gasteiger partial charge is 0.273 e. The zero-order valence-electron chi connectivity index (χ0n) is 18.5. The first-order valence-corrected chi connectivity index (χ1v) is 13.5. The van der Waals surface area contributed by atoms with Crippen molar-refractivity contribution >= 4 is 33.2 Å². The van der Waals surface area contributed by atoms with Crippen LogP contribution in [0.1, 0.15) is 35.8 Å². The number of hydrogen-bond acceptors (Lipinski definition) is 8. The number of carbonyl (C=O) groups is 2. The second-order valence-corrected chi connectivity index (χ2v) is 12.0. The Bertz CT molecular complexity index is 955. The van der Waals surface area contributed by atoms with Crippen LogP contribution in [0.15, 0.2) is 5.38 Å². The molecule has 0 unspecified atom stereocenters. The lowest BCUT2D eigenvalue weighted by molar-refractivity contribution is -0.129. The second-order valence-electron chi connectivity index (χ2n) is 9.22. The van der Waals surface area contributed by atoms with Gasteiger partial charge in [-0.2, -0.15) is 0 Å². The molecular weight excluding hydrogens is 438 g/mol. The number of likely N-dealkylation sites (N-methyl/N-ethyl adjacent to an activating group) is 1. The van der Waals surface area contributed by atoms with Crippen molar-refractivity contribution in [3.63, 3.8) is 0 Å². The lowest BCUT2D eigenvalue weighted by Crippen LogP contribution is -2.44. The Kier molecular flexibility index (Phi) is 6.14. The first-order chi connectivity index (χ1) is 14.6. The van der Waals surface area contributed by atoms with Crippen LogP contribution in [0.3, 0.4) is 0 Å². The first-order valence-electron chi connectivity index (χ1n) is 10.8. The van der Waals surface area contributed by atoms with Crippen molar-refractivity contribution in [2.75, 3.05) is 46.0 Å². The molecule has 1 aromatic rings. The van der Waals surface area contributed by atoms with Gasteiger partial charge < -0.3 is 9.80 Å². The molecule has 2 amide bonds. The van der Waals surface area contributed by atoms with E-state index in [1.807, 2.05) is 13.8 Å². The number of fused-ring (bicyclic) bond motifs is 1. The third kappa shape index (κ3) is 4.24. The predicted octanol–water partition coefficient (Wildman–Crippen LogP) is 0.548. The van der Waals surface area contributed by atoms with Crippen molar-refractivity contribution in [3.8, 4) is 0 Å². The zero-order valence-corrected chi connectivity index (χ0v) is 20.2.